The van der Waals surface area contributed by atoms with Crippen LogP contribution in [0.4, 0.5) is 11.4 Å². The van der Waals surface area contributed by atoms with Crippen LogP contribution in [0.5, 0.6) is 0 Å². The monoisotopic (exact) mass is 412 g/mol. The van der Waals surface area contributed by atoms with E-state index in [0.29, 0.717) is 4.99 Å². The van der Waals surface area contributed by atoms with Gasteiger partial charge >= 0.3 is 0 Å². The number of aryl methyl sites for hydroxylation is 2. The number of nitrogens with two attached hydrogens (primary N) is 1. The number of hydrogen-bond acceptors (Lipinski definition) is 2. The number of hydrogen-bond donors (Lipinski definition) is 2. The maximum absolute atomic E-state index is 5.66. The summed E-state index contributed by atoms with van der Waals surface area (Å²) in [4.78, 5) is 0.388. The lowest BCUT2D eigenvalue weighted by Gasteiger charge is -2.14. The van der Waals surface area contributed by atoms with Crippen molar-refractivity contribution in [3.8, 4) is 0 Å². The summed E-state index contributed by atoms with van der Waals surface area (Å²) in [6.45, 7) is 4.16. The smallest absolute Gasteiger partial charge is 0.105 e. The van der Waals surface area contributed by atoms with E-state index in [-0.39, 0.29) is 0 Å². The molecule has 104 valence electrons. The minimum Gasteiger partial charge on any atom is -0.389 e. The molecule has 0 fully saturated rings. The summed E-state index contributed by atoms with van der Waals surface area (Å²) in [7, 11) is 0. The van der Waals surface area contributed by atoms with Crippen molar-refractivity contribution < 1.29 is 0 Å². The first-order valence-corrected chi connectivity index (χ1v) is 8.01. The van der Waals surface area contributed by atoms with Crippen molar-refractivity contribution >= 4 is 60.4 Å². The van der Waals surface area contributed by atoms with Crippen LogP contribution in [0.3, 0.4) is 0 Å². The van der Waals surface area contributed by atoms with Crippen LogP contribution in [0.2, 0.25) is 0 Å². The van der Waals surface area contributed by atoms with E-state index in [9.17, 15) is 0 Å². The van der Waals surface area contributed by atoms with Gasteiger partial charge in [-0.25, -0.2) is 0 Å². The Bertz CT molecular complexity index is 661. The quantitative estimate of drug-likeness (QED) is 0.678. The molecule has 0 unspecified atom stereocenters. The van der Waals surface area contributed by atoms with Crippen LogP contribution >= 0.6 is 44.1 Å². The molecule has 0 bridgehead atoms. The molecule has 0 aliphatic carbocycles. The fraction of sp³-hybridized carbons (Fsp3) is 0.133. The van der Waals surface area contributed by atoms with E-state index in [0.717, 1.165) is 25.9 Å². The van der Waals surface area contributed by atoms with Crippen LogP contribution in [0, 0.1) is 13.8 Å². The summed E-state index contributed by atoms with van der Waals surface area (Å²) in [6, 6.07) is 10.1. The van der Waals surface area contributed by atoms with Crippen molar-refractivity contribution in [2.24, 2.45) is 5.73 Å². The van der Waals surface area contributed by atoms with Gasteiger partial charge in [0.25, 0.3) is 0 Å². The van der Waals surface area contributed by atoms with Crippen LogP contribution in [-0.2, 0) is 0 Å². The molecule has 0 aliphatic rings. The third-order valence-corrected chi connectivity index (χ3v) is 4.34. The highest BCUT2D eigenvalue weighted by Crippen LogP contribution is 2.30. The molecule has 2 rings (SSSR count). The SMILES string of the molecule is Cc1cc(Br)cc(C)c1Nc1ccc(C(N)=S)c(Br)c1. The van der Waals surface area contributed by atoms with Gasteiger partial charge in [-0.3, -0.25) is 0 Å². The zero-order chi connectivity index (χ0) is 14.9. The Hall–Kier alpha value is -0.910. The van der Waals surface area contributed by atoms with Crippen LogP contribution < -0.4 is 11.1 Å². The Morgan fingerprint density at radius 2 is 1.70 bits per heavy atom. The molecule has 0 saturated carbocycles. The highest BCUT2D eigenvalue weighted by molar-refractivity contribution is 9.10. The molecular formula is C15H14Br2N2S. The predicted octanol–water partition coefficient (Wildman–Crippen LogP) is 5.21. The van der Waals surface area contributed by atoms with E-state index in [2.05, 4.69) is 63.2 Å². The second kappa shape index (κ2) is 6.24. The normalized spacial score (nSPS) is 10.4. The molecule has 0 aliphatic heterocycles. The minimum absolute atomic E-state index is 0.388. The van der Waals surface area contributed by atoms with Gasteiger partial charge in [0.1, 0.15) is 4.99 Å². The number of thiocarbonyl (C=S) groups is 1. The van der Waals surface area contributed by atoms with Gasteiger partial charge in [-0.05, 0) is 71.2 Å². The Kier molecular flexibility index (Phi) is 4.83. The van der Waals surface area contributed by atoms with E-state index in [4.69, 9.17) is 18.0 Å². The molecule has 0 heterocycles. The fourth-order valence-corrected chi connectivity index (χ4v) is 3.63. The lowest BCUT2D eigenvalue weighted by atomic mass is 10.1. The Balaban J connectivity index is 2.36. The molecule has 2 aromatic carbocycles. The van der Waals surface area contributed by atoms with Crippen LogP contribution in [-0.4, -0.2) is 4.99 Å². The zero-order valence-electron chi connectivity index (χ0n) is 11.1. The third kappa shape index (κ3) is 3.40. The molecule has 0 spiro atoms. The summed E-state index contributed by atoms with van der Waals surface area (Å²) in [6.07, 6.45) is 0. The zero-order valence-corrected chi connectivity index (χ0v) is 15.1. The van der Waals surface area contributed by atoms with Crippen LogP contribution in [0.15, 0.2) is 39.3 Å². The average molecular weight is 414 g/mol. The average Bonchev–Trinajstić information content (AvgIpc) is 2.33. The second-order valence-corrected chi connectivity index (χ2v) is 6.81. The standard InChI is InChI=1S/C15H14Br2N2S/c1-8-5-10(16)6-9(2)14(8)19-11-3-4-12(15(18)20)13(17)7-11/h3-7,19H,1-2H3,(H2,18,20). The molecular weight excluding hydrogens is 400 g/mol. The summed E-state index contributed by atoms with van der Waals surface area (Å²) < 4.78 is 1.98. The topological polar surface area (TPSA) is 38.0 Å². The Morgan fingerprint density at radius 1 is 1.10 bits per heavy atom. The fourth-order valence-electron chi connectivity index (χ4n) is 2.04. The van der Waals surface area contributed by atoms with E-state index in [1.807, 2.05) is 18.2 Å². The molecule has 0 atom stereocenters. The van der Waals surface area contributed by atoms with E-state index in [1.165, 1.54) is 11.1 Å². The minimum atomic E-state index is 0.388. The van der Waals surface area contributed by atoms with Crippen molar-refractivity contribution in [2.45, 2.75) is 13.8 Å². The van der Waals surface area contributed by atoms with Gasteiger partial charge in [-0.1, -0.05) is 28.1 Å². The van der Waals surface area contributed by atoms with Gasteiger partial charge in [0.05, 0.1) is 0 Å². The Morgan fingerprint density at radius 3 is 2.20 bits per heavy atom. The predicted molar refractivity (Wildman–Crippen MR) is 96.9 cm³/mol. The number of anilines is 2. The molecule has 2 aromatic rings. The van der Waals surface area contributed by atoms with Crippen molar-refractivity contribution in [3.05, 3.63) is 56.0 Å². The first kappa shape index (κ1) is 15.5. The lowest BCUT2D eigenvalue weighted by molar-refractivity contribution is 1.34. The molecule has 3 N–H and O–H groups in total. The Labute approximate surface area is 141 Å². The number of halogens is 2. The number of rotatable bonds is 3. The molecule has 0 aromatic heterocycles. The molecule has 20 heavy (non-hydrogen) atoms. The highest BCUT2D eigenvalue weighted by Gasteiger charge is 2.07. The van der Waals surface area contributed by atoms with Crippen LogP contribution in [0.25, 0.3) is 0 Å². The first-order valence-electron chi connectivity index (χ1n) is 6.01. The van der Waals surface area contributed by atoms with Gasteiger partial charge in [-0.15, -0.1) is 0 Å². The van der Waals surface area contributed by atoms with Crippen molar-refractivity contribution in [3.63, 3.8) is 0 Å². The maximum atomic E-state index is 5.66. The summed E-state index contributed by atoms with van der Waals surface area (Å²) in [5.41, 5.74) is 11.0. The molecule has 0 saturated heterocycles. The maximum Gasteiger partial charge on any atom is 0.105 e. The highest BCUT2D eigenvalue weighted by atomic mass is 79.9. The largest absolute Gasteiger partial charge is 0.389 e. The van der Waals surface area contributed by atoms with Gasteiger partial charge in [-0.2, -0.15) is 0 Å². The summed E-state index contributed by atoms with van der Waals surface area (Å²) >= 11 is 12.0. The van der Waals surface area contributed by atoms with Gasteiger partial charge in [0.15, 0.2) is 0 Å². The molecule has 0 radical (unpaired) electrons. The van der Waals surface area contributed by atoms with Crippen LogP contribution in [0.1, 0.15) is 16.7 Å². The van der Waals surface area contributed by atoms with Gasteiger partial charge < -0.3 is 11.1 Å². The van der Waals surface area contributed by atoms with E-state index < -0.39 is 0 Å². The number of benzene rings is 2. The van der Waals surface area contributed by atoms with Gasteiger partial charge in [0.2, 0.25) is 0 Å². The summed E-state index contributed by atoms with van der Waals surface area (Å²) in [5.74, 6) is 0. The third-order valence-electron chi connectivity index (χ3n) is 3.00. The van der Waals surface area contributed by atoms with E-state index in [1.54, 1.807) is 0 Å². The second-order valence-electron chi connectivity index (χ2n) is 4.60. The van der Waals surface area contributed by atoms with Gasteiger partial charge in [0, 0.05) is 25.9 Å². The molecule has 2 nitrogen and oxygen atoms in total. The van der Waals surface area contributed by atoms with Crippen molar-refractivity contribution in [1.29, 1.82) is 0 Å². The van der Waals surface area contributed by atoms with Crippen molar-refractivity contribution in [1.82, 2.24) is 0 Å². The van der Waals surface area contributed by atoms with E-state index >= 15 is 0 Å². The molecule has 0 amide bonds. The first-order chi connectivity index (χ1) is 9.38. The lowest BCUT2D eigenvalue weighted by Crippen LogP contribution is -2.10. The van der Waals surface area contributed by atoms with Crippen molar-refractivity contribution in [2.75, 3.05) is 5.32 Å². The summed E-state index contributed by atoms with van der Waals surface area (Å²) in [5, 5.41) is 3.44. The molecule has 5 heteroatoms. The number of nitrogens with one attached hydrogen (secondary N) is 1.